The number of benzene rings is 1. The molecule has 0 aliphatic rings. The number of halogens is 2. The van der Waals surface area contributed by atoms with Crippen LogP contribution in [0.1, 0.15) is 5.56 Å². The van der Waals surface area contributed by atoms with E-state index >= 15 is 0 Å². The van der Waals surface area contributed by atoms with E-state index in [0.717, 1.165) is 5.56 Å². The summed E-state index contributed by atoms with van der Waals surface area (Å²) in [6, 6.07) is 4.97. The second kappa shape index (κ2) is 7.99. The number of esters is 1. The Morgan fingerprint density at radius 3 is 2.63 bits per heavy atom. The van der Waals surface area contributed by atoms with Crippen molar-refractivity contribution in [2.45, 2.75) is 6.54 Å². The highest BCUT2D eigenvalue weighted by Crippen LogP contribution is 2.20. The molecule has 19 heavy (non-hydrogen) atoms. The zero-order chi connectivity index (χ0) is 14.3. The van der Waals surface area contributed by atoms with Gasteiger partial charge in [-0.05, 0) is 17.7 Å². The van der Waals surface area contributed by atoms with Crippen molar-refractivity contribution in [1.82, 2.24) is 5.32 Å². The van der Waals surface area contributed by atoms with Crippen LogP contribution in [0.5, 0.6) is 0 Å². The number of hydrogen-bond donors (Lipinski definition) is 1. The van der Waals surface area contributed by atoms with Crippen LogP contribution in [0.2, 0.25) is 10.0 Å². The Bertz CT molecular complexity index is 465. The molecule has 0 saturated carbocycles. The zero-order valence-electron chi connectivity index (χ0n) is 10.2. The van der Waals surface area contributed by atoms with Gasteiger partial charge in [-0.3, -0.25) is 4.79 Å². The number of amides is 1. The van der Waals surface area contributed by atoms with Gasteiger partial charge in [0.05, 0.1) is 0 Å². The summed E-state index contributed by atoms with van der Waals surface area (Å²) in [7, 11) is 1.36. The minimum atomic E-state index is -0.595. The average Bonchev–Trinajstić information content (AvgIpc) is 2.35. The second-order valence-electron chi connectivity index (χ2n) is 3.61. The van der Waals surface area contributed by atoms with Crippen LogP contribution >= 0.6 is 23.2 Å². The van der Waals surface area contributed by atoms with Gasteiger partial charge in [0.15, 0.2) is 6.61 Å². The van der Waals surface area contributed by atoms with Crippen molar-refractivity contribution in [2.75, 3.05) is 20.3 Å². The van der Waals surface area contributed by atoms with Crippen molar-refractivity contribution in [3.63, 3.8) is 0 Å². The first-order valence-corrected chi connectivity index (χ1v) is 6.13. The van der Waals surface area contributed by atoms with Crippen molar-refractivity contribution in [3.05, 3.63) is 33.8 Å². The maximum Gasteiger partial charge on any atom is 0.332 e. The van der Waals surface area contributed by atoms with Crippen molar-refractivity contribution < 1.29 is 19.1 Å². The van der Waals surface area contributed by atoms with Crippen LogP contribution in [0.4, 0.5) is 0 Å². The summed E-state index contributed by atoms with van der Waals surface area (Å²) in [5, 5.41) is 3.56. The molecule has 0 fully saturated rings. The normalized spacial score (nSPS) is 10.1. The van der Waals surface area contributed by atoms with E-state index in [1.165, 1.54) is 7.11 Å². The predicted octanol–water partition coefficient (Wildman–Crippen LogP) is 1.80. The Kier molecular flexibility index (Phi) is 6.62. The molecule has 5 nitrogen and oxygen atoms in total. The maximum atomic E-state index is 11.4. The molecule has 1 rings (SSSR count). The highest BCUT2D eigenvalue weighted by atomic mass is 35.5. The number of hydrogen-bond acceptors (Lipinski definition) is 4. The summed E-state index contributed by atoms with van der Waals surface area (Å²) in [6.45, 7) is -0.305. The van der Waals surface area contributed by atoms with E-state index in [1.807, 2.05) is 0 Å². The van der Waals surface area contributed by atoms with Crippen LogP contribution in [0.3, 0.4) is 0 Å². The standard InChI is InChI=1S/C12H13Cl2NO4/c1-18-7-12(17)19-6-11(16)15-5-8-2-3-9(13)4-10(8)14/h2-4H,5-7H2,1H3,(H,15,16). The molecule has 0 spiro atoms. The number of methoxy groups -OCH3 is 1. The predicted molar refractivity (Wildman–Crippen MR) is 71.1 cm³/mol. The van der Waals surface area contributed by atoms with Crippen molar-refractivity contribution >= 4 is 35.1 Å². The van der Waals surface area contributed by atoms with Crippen LogP contribution in [0.15, 0.2) is 18.2 Å². The fourth-order valence-electron chi connectivity index (χ4n) is 1.22. The molecular weight excluding hydrogens is 293 g/mol. The van der Waals surface area contributed by atoms with Crippen molar-refractivity contribution in [2.24, 2.45) is 0 Å². The molecule has 0 saturated heterocycles. The third-order valence-electron chi connectivity index (χ3n) is 2.12. The molecule has 1 amide bonds. The Morgan fingerprint density at radius 1 is 1.26 bits per heavy atom. The van der Waals surface area contributed by atoms with Crippen LogP contribution in [-0.4, -0.2) is 32.2 Å². The number of rotatable bonds is 6. The second-order valence-corrected chi connectivity index (χ2v) is 4.45. The minimum absolute atomic E-state index is 0.184. The molecule has 0 aromatic heterocycles. The molecule has 0 bridgehead atoms. The topological polar surface area (TPSA) is 64.6 Å². The summed E-state index contributed by atoms with van der Waals surface area (Å²) < 4.78 is 9.21. The van der Waals surface area contributed by atoms with E-state index in [1.54, 1.807) is 18.2 Å². The molecular formula is C12H13Cl2NO4. The number of ether oxygens (including phenoxy) is 2. The summed E-state index contributed by atoms with van der Waals surface area (Å²) >= 11 is 11.7. The van der Waals surface area contributed by atoms with Gasteiger partial charge in [-0.15, -0.1) is 0 Å². The first-order valence-electron chi connectivity index (χ1n) is 5.38. The largest absolute Gasteiger partial charge is 0.454 e. The zero-order valence-corrected chi connectivity index (χ0v) is 11.8. The monoisotopic (exact) mass is 305 g/mol. The van der Waals surface area contributed by atoms with Gasteiger partial charge in [-0.25, -0.2) is 4.79 Å². The van der Waals surface area contributed by atoms with Crippen LogP contribution in [0.25, 0.3) is 0 Å². The van der Waals surface area contributed by atoms with Gasteiger partial charge in [0.2, 0.25) is 0 Å². The van der Waals surface area contributed by atoms with Gasteiger partial charge < -0.3 is 14.8 Å². The fraction of sp³-hybridized carbons (Fsp3) is 0.333. The van der Waals surface area contributed by atoms with Gasteiger partial charge in [0.1, 0.15) is 6.61 Å². The van der Waals surface area contributed by atoms with Crippen LogP contribution in [0, 0.1) is 0 Å². The Balaban J connectivity index is 2.36. The lowest BCUT2D eigenvalue weighted by Crippen LogP contribution is -2.29. The molecule has 0 unspecified atom stereocenters. The lowest BCUT2D eigenvalue weighted by molar-refractivity contribution is -0.152. The first kappa shape index (κ1) is 15.8. The first-order chi connectivity index (χ1) is 9.02. The van der Waals surface area contributed by atoms with E-state index in [4.69, 9.17) is 23.2 Å². The van der Waals surface area contributed by atoms with Crippen molar-refractivity contribution in [1.29, 1.82) is 0 Å². The molecule has 0 radical (unpaired) electrons. The van der Waals surface area contributed by atoms with Crippen molar-refractivity contribution in [3.8, 4) is 0 Å². The van der Waals surface area contributed by atoms with E-state index in [9.17, 15) is 9.59 Å². The molecule has 104 valence electrons. The molecule has 0 aliphatic carbocycles. The summed E-state index contributed by atoms with van der Waals surface area (Å²) in [6.07, 6.45) is 0. The third kappa shape index (κ3) is 5.92. The lowest BCUT2D eigenvalue weighted by Gasteiger charge is -2.08. The molecule has 7 heteroatoms. The Labute approximate surface area is 120 Å². The van der Waals surface area contributed by atoms with Crippen LogP contribution < -0.4 is 5.32 Å². The third-order valence-corrected chi connectivity index (χ3v) is 2.70. The Morgan fingerprint density at radius 2 is 2.00 bits per heavy atom. The number of carbonyl (C=O) groups excluding carboxylic acids is 2. The SMILES string of the molecule is COCC(=O)OCC(=O)NCc1ccc(Cl)cc1Cl. The molecule has 1 N–H and O–H groups in total. The molecule has 0 heterocycles. The minimum Gasteiger partial charge on any atom is -0.454 e. The van der Waals surface area contributed by atoms with E-state index in [-0.39, 0.29) is 19.8 Å². The van der Waals surface area contributed by atoms with Gasteiger partial charge in [-0.1, -0.05) is 29.3 Å². The van der Waals surface area contributed by atoms with Gasteiger partial charge >= 0.3 is 5.97 Å². The molecule has 1 aromatic carbocycles. The van der Waals surface area contributed by atoms with Gasteiger partial charge in [-0.2, -0.15) is 0 Å². The Hall–Kier alpha value is -1.30. The highest BCUT2D eigenvalue weighted by molar-refractivity contribution is 6.35. The summed E-state index contributed by atoms with van der Waals surface area (Å²) in [4.78, 5) is 22.4. The molecule has 0 atom stereocenters. The highest BCUT2D eigenvalue weighted by Gasteiger charge is 2.08. The fourth-order valence-corrected chi connectivity index (χ4v) is 1.69. The van der Waals surface area contributed by atoms with Gasteiger partial charge in [0, 0.05) is 23.7 Å². The molecule has 0 aliphatic heterocycles. The van der Waals surface area contributed by atoms with E-state index in [2.05, 4.69) is 14.8 Å². The van der Waals surface area contributed by atoms with Crippen LogP contribution in [-0.2, 0) is 25.6 Å². The lowest BCUT2D eigenvalue weighted by atomic mass is 10.2. The van der Waals surface area contributed by atoms with Gasteiger partial charge in [0.25, 0.3) is 5.91 Å². The summed E-state index contributed by atoms with van der Waals surface area (Å²) in [5.74, 6) is -1.02. The maximum absolute atomic E-state index is 11.4. The quantitative estimate of drug-likeness (QED) is 0.814. The number of carbonyl (C=O) groups is 2. The number of nitrogens with one attached hydrogen (secondary N) is 1. The van der Waals surface area contributed by atoms with E-state index < -0.39 is 11.9 Å². The molecule has 1 aromatic rings. The smallest absolute Gasteiger partial charge is 0.332 e. The average molecular weight is 306 g/mol. The van der Waals surface area contributed by atoms with E-state index in [0.29, 0.717) is 10.0 Å². The summed E-state index contributed by atoms with van der Waals surface area (Å²) in [5.41, 5.74) is 0.725.